The first-order valence-corrected chi connectivity index (χ1v) is 4.75. The second-order valence-corrected chi connectivity index (χ2v) is 3.31. The first-order valence-electron chi connectivity index (χ1n) is 4.75. The topological polar surface area (TPSA) is 12.0 Å². The van der Waals surface area contributed by atoms with E-state index in [0.717, 1.165) is 12.8 Å². The van der Waals surface area contributed by atoms with Crippen molar-refractivity contribution in [2.24, 2.45) is 0 Å². The molecule has 1 aromatic rings. The SMILES string of the molecule is CCCC(C)Nc1ccccc1F. The van der Waals surface area contributed by atoms with Gasteiger partial charge in [0, 0.05) is 6.04 Å². The predicted octanol–water partition coefficient (Wildman–Crippen LogP) is 3.43. The molecule has 1 unspecified atom stereocenters. The lowest BCUT2D eigenvalue weighted by molar-refractivity contribution is 0.620. The number of nitrogens with one attached hydrogen (secondary N) is 1. The molecule has 1 N–H and O–H groups in total. The highest BCUT2D eigenvalue weighted by atomic mass is 19.1. The molecule has 0 fully saturated rings. The number of rotatable bonds is 4. The number of anilines is 1. The number of benzene rings is 1. The Bertz CT molecular complexity index is 260. The summed E-state index contributed by atoms with van der Waals surface area (Å²) < 4.78 is 13.1. The number of hydrogen-bond donors (Lipinski definition) is 1. The van der Waals surface area contributed by atoms with Gasteiger partial charge in [-0.25, -0.2) is 4.39 Å². The maximum atomic E-state index is 13.1. The lowest BCUT2D eigenvalue weighted by atomic mass is 10.2. The highest BCUT2D eigenvalue weighted by Crippen LogP contribution is 2.14. The lowest BCUT2D eigenvalue weighted by Gasteiger charge is -2.14. The van der Waals surface area contributed by atoms with Crippen LogP contribution in [0.15, 0.2) is 24.3 Å². The van der Waals surface area contributed by atoms with Gasteiger partial charge < -0.3 is 5.32 Å². The molecule has 0 aliphatic heterocycles. The van der Waals surface area contributed by atoms with Crippen LogP contribution in [0.3, 0.4) is 0 Å². The molecule has 0 radical (unpaired) electrons. The maximum Gasteiger partial charge on any atom is 0.146 e. The van der Waals surface area contributed by atoms with Crippen molar-refractivity contribution in [2.45, 2.75) is 32.7 Å². The fraction of sp³-hybridized carbons (Fsp3) is 0.455. The predicted molar refractivity (Wildman–Crippen MR) is 54.4 cm³/mol. The zero-order chi connectivity index (χ0) is 9.68. The van der Waals surface area contributed by atoms with Gasteiger partial charge in [-0.15, -0.1) is 0 Å². The smallest absolute Gasteiger partial charge is 0.146 e. The van der Waals surface area contributed by atoms with Gasteiger partial charge in [-0.2, -0.15) is 0 Å². The molecule has 2 heteroatoms. The molecule has 0 saturated heterocycles. The van der Waals surface area contributed by atoms with E-state index in [1.54, 1.807) is 12.1 Å². The van der Waals surface area contributed by atoms with Gasteiger partial charge in [0.05, 0.1) is 5.69 Å². The van der Waals surface area contributed by atoms with Crippen LogP contribution in [0.2, 0.25) is 0 Å². The molecule has 1 atom stereocenters. The third-order valence-corrected chi connectivity index (χ3v) is 2.00. The second kappa shape index (κ2) is 4.85. The summed E-state index contributed by atoms with van der Waals surface area (Å²) in [4.78, 5) is 0. The van der Waals surface area contributed by atoms with E-state index in [-0.39, 0.29) is 5.82 Å². The van der Waals surface area contributed by atoms with Gasteiger partial charge in [0.2, 0.25) is 0 Å². The van der Waals surface area contributed by atoms with E-state index < -0.39 is 0 Å². The summed E-state index contributed by atoms with van der Waals surface area (Å²) in [6, 6.07) is 7.11. The Hall–Kier alpha value is -1.05. The summed E-state index contributed by atoms with van der Waals surface area (Å²) in [6.07, 6.45) is 2.18. The molecule has 0 bridgehead atoms. The van der Waals surface area contributed by atoms with Crippen molar-refractivity contribution in [1.82, 2.24) is 0 Å². The third kappa shape index (κ3) is 3.05. The largest absolute Gasteiger partial charge is 0.380 e. The fourth-order valence-corrected chi connectivity index (χ4v) is 1.35. The van der Waals surface area contributed by atoms with Gasteiger partial charge >= 0.3 is 0 Å². The van der Waals surface area contributed by atoms with Gasteiger partial charge in [-0.1, -0.05) is 25.5 Å². The molecule has 13 heavy (non-hydrogen) atoms. The molecule has 0 amide bonds. The van der Waals surface area contributed by atoms with Crippen molar-refractivity contribution in [1.29, 1.82) is 0 Å². The van der Waals surface area contributed by atoms with Crippen molar-refractivity contribution in [3.8, 4) is 0 Å². The molecule has 0 aliphatic carbocycles. The monoisotopic (exact) mass is 181 g/mol. The molecule has 0 heterocycles. The zero-order valence-corrected chi connectivity index (χ0v) is 8.18. The Morgan fingerprint density at radius 2 is 2.08 bits per heavy atom. The van der Waals surface area contributed by atoms with Gasteiger partial charge in [-0.3, -0.25) is 0 Å². The number of hydrogen-bond acceptors (Lipinski definition) is 1. The quantitative estimate of drug-likeness (QED) is 0.750. The fourth-order valence-electron chi connectivity index (χ4n) is 1.35. The number of para-hydroxylation sites is 1. The van der Waals surface area contributed by atoms with Crippen molar-refractivity contribution in [3.63, 3.8) is 0 Å². The molecular weight excluding hydrogens is 165 g/mol. The van der Waals surface area contributed by atoms with E-state index in [4.69, 9.17) is 0 Å². The third-order valence-electron chi connectivity index (χ3n) is 2.00. The van der Waals surface area contributed by atoms with Crippen LogP contribution in [0.4, 0.5) is 10.1 Å². The van der Waals surface area contributed by atoms with Crippen LogP contribution in [-0.2, 0) is 0 Å². The van der Waals surface area contributed by atoms with E-state index >= 15 is 0 Å². The standard InChI is InChI=1S/C11H16FN/c1-3-6-9(2)13-11-8-5-4-7-10(11)12/h4-5,7-9,13H,3,6H2,1-2H3. The molecule has 1 nitrogen and oxygen atoms in total. The van der Waals surface area contributed by atoms with E-state index in [0.29, 0.717) is 11.7 Å². The summed E-state index contributed by atoms with van der Waals surface area (Å²) >= 11 is 0. The highest BCUT2D eigenvalue weighted by Gasteiger charge is 2.03. The molecule has 0 aromatic heterocycles. The Morgan fingerprint density at radius 1 is 1.38 bits per heavy atom. The van der Waals surface area contributed by atoms with E-state index in [1.165, 1.54) is 6.07 Å². The van der Waals surface area contributed by atoms with Crippen LogP contribution in [0.1, 0.15) is 26.7 Å². The first kappa shape index (κ1) is 10.0. The van der Waals surface area contributed by atoms with Crippen molar-refractivity contribution >= 4 is 5.69 Å². The average Bonchev–Trinajstić information content (AvgIpc) is 2.09. The summed E-state index contributed by atoms with van der Waals surface area (Å²) in [5.74, 6) is -0.176. The molecular formula is C11H16FN. The normalized spacial score (nSPS) is 12.5. The Kier molecular flexibility index (Phi) is 3.74. The Morgan fingerprint density at radius 3 is 2.69 bits per heavy atom. The van der Waals surface area contributed by atoms with Gasteiger partial charge in [0.15, 0.2) is 0 Å². The summed E-state index contributed by atoms with van der Waals surface area (Å²) in [5, 5.41) is 3.14. The van der Waals surface area contributed by atoms with Gasteiger partial charge in [0.1, 0.15) is 5.82 Å². The van der Waals surface area contributed by atoms with Crippen LogP contribution >= 0.6 is 0 Å². The van der Waals surface area contributed by atoms with E-state index in [9.17, 15) is 4.39 Å². The minimum atomic E-state index is -0.176. The minimum Gasteiger partial charge on any atom is -0.380 e. The minimum absolute atomic E-state index is 0.176. The van der Waals surface area contributed by atoms with Crippen LogP contribution < -0.4 is 5.32 Å². The van der Waals surface area contributed by atoms with Gasteiger partial charge in [-0.05, 0) is 25.5 Å². The molecule has 0 saturated carbocycles. The van der Waals surface area contributed by atoms with Crippen LogP contribution in [-0.4, -0.2) is 6.04 Å². The second-order valence-electron chi connectivity index (χ2n) is 3.31. The molecule has 0 spiro atoms. The van der Waals surface area contributed by atoms with Crippen molar-refractivity contribution in [3.05, 3.63) is 30.1 Å². The highest BCUT2D eigenvalue weighted by molar-refractivity contribution is 5.44. The summed E-state index contributed by atoms with van der Waals surface area (Å²) in [6.45, 7) is 4.19. The number of halogens is 1. The first-order chi connectivity index (χ1) is 6.24. The maximum absolute atomic E-state index is 13.1. The van der Waals surface area contributed by atoms with Crippen molar-refractivity contribution in [2.75, 3.05) is 5.32 Å². The van der Waals surface area contributed by atoms with E-state index in [2.05, 4.69) is 19.2 Å². The average molecular weight is 181 g/mol. The van der Waals surface area contributed by atoms with Crippen molar-refractivity contribution < 1.29 is 4.39 Å². The molecule has 0 aliphatic rings. The molecule has 72 valence electrons. The van der Waals surface area contributed by atoms with Crippen LogP contribution in [0, 0.1) is 5.82 Å². The zero-order valence-electron chi connectivity index (χ0n) is 8.18. The summed E-state index contributed by atoms with van der Waals surface area (Å²) in [7, 11) is 0. The van der Waals surface area contributed by atoms with Crippen LogP contribution in [0.25, 0.3) is 0 Å². The molecule has 1 aromatic carbocycles. The molecule has 1 rings (SSSR count). The Balaban J connectivity index is 2.58. The Labute approximate surface area is 79.0 Å². The van der Waals surface area contributed by atoms with Crippen LogP contribution in [0.5, 0.6) is 0 Å². The summed E-state index contributed by atoms with van der Waals surface area (Å²) in [5.41, 5.74) is 0.600. The lowest BCUT2D eigenvalue weighted by Crippen LogP contribution is -2.15. The van der Waals surface area contributed by atoms with E-state index in [1.807, 2.05) is 6.07 Å². The van der Waals surface area contributed by atoms with Gasteiger partial charge in [0.25, 0.3) is 0 Å².